The second-order valence-electron chi connectivity index (χ2n) is 18.4. The molecule has 2 aromatic rings. The number of rotatable bonds is 16. The minimum atomic E-state index is -1.34. The molecule has 0 aliphatic carbocycles. The Kier molecular flexibility index (Phi) is 23.0. The van der Waals surface area contributed by atoms with E-state index in [1.54, 1.807) is 24.3 Å². The molecule has 10 rings (SSSR count). The predicted octanol–water partition coefficient (Wildman–Crippen LogP) is -2.73. The summed E-state index contributed by atoms with van der Waals surface area (Å²) in [5.74, 6) is -6.85. The number of nitrogens with zero attached hydrogens (tertiary/aromatic N) is 6. The van der Waals surface area contributed by atoms with Gasteiger partial charge in [0, 0.05) is 55.2 Å². The van der Waals surface area contributed by atoms with Crippen molar-refractivity contribution in [3.05, 3.63) is 93.4 Å². The second-order valence-corrected chi connectivity index (χ2v) is 22.8. The Balaban J connectivity index is 0.000000189. The minimum Gasteiger partial charge on any atom is -0.477 e. The maximum Gasteiger partial charge on any atom is 0.404 e. The van der Waals surface area contributed by atoms with Gasteiger partial charge in [-0.2, -0.15) is 0 Å². The third-order valence-corrected chi connectivity index (χ3v) is 18.7. The zero-order valence-corrected chi connectivity index (χ0v) is 51.0. The molecule has 33 nitrogen and oxygen atoms in total. The smallest absolute Gasteiger partial charge is 0.404 e. The summed E-state index contributed by atoms with van der Waals surface area (Å²) >= 11 is 5.27. The second kappa shape index (κ2) is 29.3. The molecule has 4 saturated heterocycles. The van der Waals surface area contributed by atoms with E-state index in [1.807, 2.05) is 0 Å². The number of nitrogens with two attached hydrogens (primary N) is 3. The Bertz CT molecular complexity index is 3350. The van der Waals surface area contributed by atoms with E-state index in [9.17, 15) is 72.9 Å². The fourth-order valence-electron chi connectivity index (χ4n) is 9.23. The largest absolute Gasteiger partial charge is 0.477 e. The van der Waals surface area contributed by atoms with E-state index in [1.165, 1.54) is 85.5 Å². The molecule has 8 atom stereocenters. The first-order valence-corrected chi connectivity index (χ1v) is 29.1. The number of thioether (sulfide) groups is 4. The highest BCUT2D eigenvalue weighted by Gasteiger charge is 2.57. The van der Waals surface area contributed by atoms with Gasteiger partial charge in [0.15, 0.2) is 22.9 Å². The molecule has 8 unspecified atom stereocenters. The van der Waals surface area contributed by atoms with Crippen molar-refractivity contribution in [2.24, 2.45) is 27.2 Å². The first kappa shape index (κ1) is 68.4. The fraction of sp³-hybridized carbons (Fsp3) is 0.388. The molecule has 38 heteroatoms. The quantitative estimate of drug-likeness (QED) is 0.0352. The predicted molar refractivity (Wildman–Crippen MR) is 315 cm³/mol. The molecule has 4 fully saturated rings. The lowest BCUT2D eigenvalue weighted by molar-refractivity contribution is -0.150. The van der Waals surface area contributed by atoms with Crippen molar-refractivity contribution in [3.8, 4) is 0 Å². The van der Waals surface area contributed by atoms with E-state index >= 15 is 0 Å². The fourth-order valence-corrected chi connectivity index (χ4v) is 14.5. The third-order valence-electron chi connectivity index (χ3n) is 13.3. The highest BCUT2D eigenvalue weighted by atomic mass is 127. The van der Waals surface area contributed by atoms with Crippen molar-refractivity contribution in [1.82, 2.24) is 30.2 Å². The number of β-lactam (4-membered cyclic amide) rings is 4. The van der Waals surface area contributed by atoms with E-state index < -0.39 is 113 Å². The summed E-state index contributed by atoms with van der Waals surface area (Å²) in [5, 5.41) is 58.6. The van der Waals surface area contributed by atoms with Gasteiger partial charge in [0.25, 0.3) is 23.6 Å². The summed E-state index contributed by atoms with van der Waals surface area (Å²) in [6.45, 7) is 0.0104. The number of ether oxygens (including phenoxy) is 2. The number of carbonyl (C=O) groups is 12. The van der Waals surface area contributed by atoms with Crippen LogP contribution in [0.4, 0.5) is 4.79 Å². The first-order valence-electron chi connectivity index (χ1n) is 24.9. The number of hydrogen-bond acceptors (Lipinski definition) is 26. The number of aliphatic hydroxyl groups excluding tert-OH is 2. The molecule has 0 spiro atoms. The van der Waals surface area contributed by atoms with E-state index in [4.69, 9.17) is 46.1 Å². The number of aliphatic hydroxyl groups is 2. The summed E-state index contributed by atoms with van der Waals surface area (Å²) in [6, 6.07) is 3.29. The van der Waals surface area contributed by atoms with E-state index in [0.717, 1.165) is 14.7 Å². The Morgan fingerprint density at radius 3 is 1.18 bits per heavy atom. The van der Waals surface area contributed by atoms with E-state index in [-0.39, 0.29) is 123 Å². The number of hydrogen-bond donors (Lipinski definition) is 11. The van der Waals surface area contributed by atoms with Gasteiger partial charge in [0.1, 0.15) is 81.7 Å². The Labute approximate surface area is 524 Å². The summed E-state index contributed by atoms with van der Waals surface area (Å²) in [6.07, 6.45) is 1.75. The number of fused-ring (bicyclic) bond motifs is 4. The SMILES string of the molecule is CC(=O)OCC1=C(C(=O)O)N2C(=O)C(N)C2SC1.CN=C(C(=O)NC1C(=O)N2C(C(=O)O)=C(CO)CSC12)c1ccco1.CN=C(C(=O)NC1C(=O)N2C(C(=O)O)=C(COC(N)=O)CSC12)c1ccco1.I.NC1C(=O)N2C(C(=O)O)=C(CO)CSC12. The van der Waals surface area contributed by atoms with E-state index in [0.29, 0.717) is 22.7 Å². The number of amides is 7. The maximum absolute atomic E-state index is 12.5. The number of nitrogens with one attached hydrogen (secondary N) is 2. The van der Waals surface area contributed by atoms with Crippen LogP contribution < -0.4 is 27.8 Å². The molecule has 0 aromatic carbocycles. The number of carboxylic acid groups (broad SMARTS) is 4. The van der Waals surface area contributed by atoms with Crippen molar-refractivity contribution in [1.29, 1.82) is 0 Å². The lowest BCUT2D eigenvalue weighted by Gasteiger charge is -2.49. The number of esters is 1. The highest BCUT2D eigenvalue weighted by molar-refractivity contribution is 14.0. The Morgan fingerprint density at radius 1 is 0.563 bits per heavy atom. The van der Waals surface area contributed by atoms with Crippen molar-refractivity contribution in [3.63, 3.8) is 0 Å². The van der Waals surface area contributed by atoms with Crippen LogP contribution in [0.3, 0.4) is 0 Å². The molecule has 0 bridgehead atoms. The summed E-state index contributed by atoms with van der Waals surface area (Å²) in [4.78, 5) is 152. The van der Waals surface area contributed by atoms with Gasteiger partial charge in [-0.25, -0.2) is 24.0 Å². The van der Waals surface area contributed by atoms with Crippen LogP contribution in [-0.4, -0.2) is 242 Å². The van der Waals surface area contributed by atoms with E-state index in [2.05, 4.69) is 25.4 Å². The number of primary amides is 1. The molecule has 7 amide bonds. The molecule has 14 N–H and O–H groups in total. The molecule has 8 aliphatic rings. The zero-order valence-electron chi connectivity index (χ0n) is 45.4. The molecular formula is C49H54IN11O22S4. The lowest BCUT2D eigenvalue weighted by Crippen LogP contribution is -2.71. The van der Waals surface area contributed by atoms with Crippen LogP contribution in [0.15, 0.2) is 101 Å². The number of aliphatic imine (C=N–C) groups is 2. The van der Waals surface area contributed by atoms with Crippen LogP contribution in [0.5, 0.6) is 0 Å². The average molecular weight is 1400 g/mol. The number of aliphatic carboxylic acids is 4. The average Bonchev–Trinajstić information content (AvgIpc) is 1.14. The first-order chi connectivity index (χ1) is 40.8. The molecule has 0 radical (unpaired) electrons. The van der Waals surface area contributed by atoms with Crippen LogP contribution in [-0.2, 0) is 62.2 Å². The third kappa shape index (κ3) is 14.0. The summed E-state index contributed by atoms with van der Waals surface area (Å²) in [7, 11) is 2.85. The van der Waals surface area contributed by atoms with Gasteiger partial charge < -0.3 is 76.8 Å². The van der Waals surface area contributed by atoms with Gasteiger partial charge >= 0.3 is 35.9 Å². The molecular weight excluding hydrogens is 1350 g/mol. The van der Waals surface area contributed by atoms with Crippen LogP contribution in [0.25, 0.3) is 0 Å². The van der Waals surface area contributed by atoms with Gasteiger partial charge in [-0.15, -0.1) is 71.0 Å². The van der Waals surface area contributed by atoms with Gasteiger partial charge in [-0.1, -0.05) is 0 Å². The normalized spacial score (nSPS) is 24.3. The van der Waals surface area contributed by atoms with Crippen molar-refractivity contribution >= 4 is 154 Å². The topological polar surface area (TPSA) is 511 Å². The van der Waals surface area contributed by atoms with Crippen LogP contribution in [0.2, 0.25) is 0 Å². The Morgan fingerprint density at radius 2 is 0.885 bits per heavy atom. The van der Waals surface area contributed by atoms with Crippen LogP contribution >= 0.6 is 71.0 Å². The maximum atomic E-state index is 12.5. The molecule has 8 aliphatic heterocycles. The monoisotopic (exact) mass is 1400 g/mol. The van der Waals surface area contributed by atoms with Crippen LogP contribution in [0, 0.1) is 0 Å². The molecule has 87 heavy (non-hydrogen) atoms. The number of carbonyl (C=O) groups excluding carboxylic acids is 8. The van der Waals surface area contributed by atoms with Gasteiger partial charge in [-0.3, -0.25) is 63.1 Å². The van der Waals surface area contributed by atoms with Crippen molar-refractivity contribution < 1.29 is 106 Å². The van der Waals surface area contributed by atoms with Gasteiger partial charge in [0.05, 0.1) is 25.7 Å². The molecule has 10 heterocycles. The number of furan rings is 2. The number of carboxylic acids is 4. The molecule has 468 valence electrons. The highest BCUT2D eigenvalue weighted by Crippen LogP contribution is 2.43. The minimum absolute atomic E-state index is 0. The van der Waals surface area contributed by atoms with Crippen molar-refractivity contribution in [2.45, 2.75) is 52.6 Å². The summed E-state index contributed by atoms with van der Waals surface area (Å²) in [5.41, 5.74) is 16.7. The number of halogens is 1. The van der Waals surface area contributed by atoms with Gasteiger partial charge in [0.2, 0.25) is 11.8 Å². The summed E-state index contributed by atoms with van der Waals surface area (Å²) < 4.78 is 19.7. The Hall–Kier alpha value is -7.73. The zero-order chi connectivity index (χ0) is 63.2. The standard InChI is InChI=1S/C16H16N4O7S.C15H15N3O6S.C10H12N2O5S.C8H10N2O4S.HI/c1-18-9(8-3-2-4-26-8)12(21)19-10-13(22)20-11(15(23)24)7(5-27-16(17)25)6-28-14(10)20;1-16-9(8-3-2-4-24-8)12(20)17-10-13(21)18-11(15(22)23)7(5-19)6-25-14(10)18;1-4(13)17-2-5-3-18-9-6(11)8(14)12(9)7(5)10(15)16;9-4-6(12)10-5(8(13)14)3(1-11)2-15-7(4)10;/h2-4,10,14H,5-6H2,1H3,(H2,17,25)(H,19,21)(H,23,24);2-4,10,14,19H,5-6H2,1H3,(H,17,20)(H,22,23);6,9H,2-3,11H2,1H3,(H,15,16);4,7,11H,1-2,9H2,(H,13,14);1H. The lowest BCUT2D eigenvalue weighted by atomic mass is 10.0. The molecule has 0 saturated carbocycles. The van der Waals surface area contributed by atoms with Crippen molar-refractivity contribution in [2.75, 3.05) is 63.5 Å². The molecule has 2 aromatic heterocycles. The van der Waals surface area contributed by atoms with Gasteiger partial charge in [-0.05, 0) is 35.4 Å². The van der Waals surface area contributed by atoms with Crippen LogP contribution in [0.1, 0.15) is 18.4 Å².